The molecule has 0 saturated carbocycles. The predicted octanol–water partition coefficient (Wildman–Crippen LogP) is 2.09. The zero-order valence-corrected chi connectivity index (χ0v) is 8.86. The van der Waals surface area contributed by atoms with Crippen LogP contribution in [0.15, 0.2) is 18.2 Å². The first-order chi connectivity index (χ1) is 7.11. The van der Waals surface area contributed by atoms with Gasteiger partial charge < -0.3 is 5.11 Å². The normalized spacial score (nSPS) is 10.7. The summed E-state index contributed by atoms with van der Waals surface area (Å²) in [5, 5.41) is 19.9. The quantitative estimate of drug-likeness (QED) is 0.608. The Morgan fingerprint density at radius 3 is 2.67 bits per heavy atom. The van der Waals surface area contributed by atoms with Crippen molar-refractivity contribution in [2.24, 2.45) is 0 Å². The first kappa shape index (κ1) is 11.7. The van der Waals surface area contributed by atoms with Crippen LogP contribution in [0.4, 0.5) is 5.69 Å². The molecule has 0 bridgehead atoms. The van der Waals surface area contributed by atoms with Gasteiger partial charge in [0.2, 0.25) is 0 Å². The van der Waals surface area contributed by atoms with Crippen molar-refractivity contribution in [1.29, 1.82) is 0 Å². The van der Waals surface area contributed by atoms with Gasteiger partial charge in [-0.05, 0) is 6.42 Å². The lowest BCUT2D eigenvalue weighted by molar-refractivity contribution is -0.386. The van der Waals surface area contributed by atoms with Crippen LogP contribution in [0.5, 0.6) is 0 Å². The zero-order valence-electron chi connectivity index (χ0n) is 8.86. The maximum absolute atomic E-state index is 10.9. The second kappa shape index (κ2) is 4.89. The summed E-state index contributed by atoms with van der Waals surface area (Å²) in [7, 11) is 0. The number of para-hydroxylation sites is 1. The number of nitro benzene ring substituents is 1. The summed E-state index contributed by atoms with van der Waals surface area (Å²) < 4.78 is 0. The first-order valence-corrected chi connectivity index (χ1v) is 4.81. The number of hydrogen-bond acceptors (Lipinski definition) is 3. The molecule has 0 fully saturated rings. The molecule has 1 aromatic carbocycles. The molecule has 4 nitrogen and oxygen atoms in total. The molecule has 0 saturated heterocycles. The van der Waals surface area contributed by atoms with Crippen LogP contribution in [-0.2, 0) is 6.42 Å². The third-order valence-corrected chi connectivity index (χ3v) is 2.38. The molecule has 0 amide bonds. The standard InChI is InChI=1S/C11H14NO3/c1-3-9-5-4-6-10(8(2)7-13)11(9)12(14)15/h4-6,13H,3,7H2,1-2H3. The SMILES string of the molecule is CCc1cccc([C](C)CO)c1[N+](=O)[O-]. The Labute approximate surface area is 88.7 Å². The summed E-state index contributed by atoms with van der Waals surface area (Å²) in [6, 6.07) is 5.19. The molecule has 1 aromatic rings. The lowest BCUT2D eigenvalue weighted by atomic mass is 9.96. The molecule has 0 atom stereocenters. The number of rotatable bonds is 4. The Kier molecular flexibility index (Phi) is 3.80. The molecule has 0 aromatic heterocycles. The Balaban J connectivity index is 3.31. The van der Waals surface area contributed by atoms with E-state index in [-0.39, 0.29) is 17.2 Å². The topological polar surface area (TPSA) is 63.4 Å². The fourth-order valence-electron chi connectivity index (χ4n) is 1.52. The van der Waals surface area contributed by atoms with E-state index in [0.29, 0.717) is 23.5 Å². The van der Waals surface area contributed by atoms with E-state index in [9.17, 15) is 10.1 Å². The molecule has 4 heteroatoms. The van der Waals surface area contributed by atoms with E-state index in [4.69, 9.17) is 5.11 Å². The van der Waals surface area contributed by atoms with Gasteiger partial charge in [0.1, 0.15) is 0 Å². The van der Waals surface area contributed by atoms with E-state index in [1.165, 1.54) is 0 Å². The Bertz CT molecular complexity index is 363. The van der Waals surface area contributed by atoms with Gasteiger partial charge in [-0.1, -0.05) is 32.0 Å². The third-order valence-electron chi connectivity index (χ3n) is 2.38. The molecule has 0 aliphatic carbocycles. The Hall–Kier alpha value is -1.42. The summed E-state index contributed by atoms with van der Waals surface area (Å²) in [4.78, 5) is 10.6. The van der Waals surface area contributed by atoms with E-state index < -0.39 is 0 Å². The molecule has 15 heavy (non-hydrogen) atoms. The van der Waals surface area contributed by atoms with Crippen LogP contribution in [0.1, 0.15) is 25.0 Å². The van der Waals surface area contributed by atoms with Crippen molar-refractivity contribution in [1.82, 2.24) is 0 Å². The Morgan fingerprint density at radius 1 is 1.53 bits per heavy atom. The highest BCUT2D eigenvalue weighted by Crippen LogP contribution is 2.29. The van der Waals surface area contributed by atoms with Gasteiger partial charge in [-0.3, -0.25) is 10.1 Å². The van der Waals surface area contributed by atoms with Crippen molar-refractivity contribution in [2.45, 2.75) is 20.3 Å². The third kappa shape index (κ3) is 2.33. The molecule has 0 aliphatic heterocycles. The maximum Gasteiger partial charge on any atom is 0.276 e. The van der Waals surface area contributed by atoms with Crippen molar-refractivity contribution in [3.63, 3.8) is 0 Å². The number of aryl methyl sites for hydroxylation is 1. The van der Waals surface area contributed by atoms with Crippen molar-refractivity contribution < 1.29 is 10.0 Å². The molecule has 1 radical (unpaired) electrons. The summed E-state index contributed by atoms with van der Waals surface area (Å²) in [6.07, 6.45) is 0.614. The van der Waals surface area contributed by atoms with Crippen LogP contribution in [-0.4, -0.2) is 16.6 Å². The number of benzene rings is 1. The van der Waals surface area contributed by atoms with Crippen molar-refractivity contribution in [3.8, 4) is 0 Å². The smallest absolute Gasteiger partial charge is 0.276 e. The zero-order chi connectivity index (χ0) is 11.4. The fourth-order valence-corrected chi connectivity index (χ4v) is 1.52. The number of nitro groups is 1. The Morgan fingerprint density at radius 2 is 2.20 bits per heavy atom. The summed E-state index contributed by atoms with van der Waals surface area (Å²) in [5.74, 6) is 0.622. The van der Waals surface area contributed by atoms with Crippen LogP contribution < -0.4 is 0 Å². The van der Waals surface area contributed by atoms with Gasteiger partial charge in [-0.25, -0.2) is 0 Å². The molecule has 0 spiro atoms. The number of aliphatic hydroxyl groups is 1. The van der Waals surface area contributed by atoms with Gasteiger partial charge in [-0.15, -0.1) is 0 Å². The molecule has 0 unspecified atom stereocenters. The molecule has 0 aliphatic rings. The van der Waals surface area contributed by atoms with Crippen LogP contribution in [0.25, 0.3) is 0 Å². The molecular formula is C11H14NO3. The van der Waals surface area contributed by atoms with E-state index in [2.05, 4.69) is 0 Å². The molecule has 0 heterocycles. The highest BCUT2D eigenvalue weighted by atomic mass is 16.6. The van der Waals surface area contributed by atoms with E-state index >= 15 is 0 Å². The van der Waals surface area contributed by atoms with Crippen LogP contribution in [0.3, 0.4) is 0 Å². The van der Waals surface area contributed by atoms with Crippen LogP contribution in [0.2, 0.25) is 0 Å². The number of nitrogens with zero attached hydrogens (tertiary/aromatic N) is 1. The van der Waals surface area contributed by atoms with Gasteiger partial charge in [0.25, 0.3) is 5.69 Å². The predicted molar refractivity (Wildman–Crippen MR) is 57.6 cm³/mol. The summed E-state index contributed by atoms with van der Waals surface area (Å²) >= 11 is 0. The van der Waals surface area contributed by atoms with Crippen molar-refractivity contribution in [2.75, 3.05) is 6.61 Å². The lowest BCUT2D eigenvalue weighted by Crippen LogP contribution is -2.06. The van der Waals surface area contributed by atoms with Crippen LogP contribution in [0, 0.1) is 16.0 Å². The molecular weight excluding hydrogens is 194 g/mol. The number of hydrogen-bond donors (Lipinski definition) is 1. The monoisotopic (exact) mass is 208 g/mol. The minimum Gasteiger partial charge on any atom is -0.395 e. The largest absolute Gasteiger partial charge is 0.395 e. The second-order valence-corrected chi connectivity index (χ2v) is 3.36. The highest BCUT2D eigenvalue weighted by molar-refractivity contribution is 5.53. The average Bonchev–Trinajstić information content (AvgIpc) is 2.26. The minimum atomic E-state index is -0.382. The lowest BCUT2D eigenvalue weighted by Gasteiger charge is -2.10. The summed E-state index contributed by atoms with van der Waals surface area (Å²) in [6.45, 7) is 3.41. The summed E-state index contributed by atoms with van der Waals surface area (Å²) in [5.41, 5.74) is 1.35. The van der Waals surface area contributed by atoms with E-state index in [0.717, 1.165) is 0 Å². The minimum absolute atomic E-state index is 0.117. The maximum atomic E-state index is 10.9. The van der Waals surface area contributed by atoms with Gasteiger partial charge in [-0.2, -0.15) is 0 Å². The van der Waals surface area contributed by atoms with E-state index in [1.54, 1.807) is 25.1 Å². The highest BCUT2D eigenvalue weighted by Gasteiger charge is 2.21. The van der Waals surface area contributed by atoms with Gasteiger partial charge in [0, 0.05) is 17.0 Å². The molecule has 1 rings (SSSR count). The second-order valence-electron chi connectivity index (χ2n) is 3.36. The molecule has 1 N–H and O–H groups in total. The van der Waals surface area contributed by atoms with Crippen molar-refractivity contribution >= 4 is 5.69 Å². The van der Waals surface area contributed by atoms with Gasteiger partial charge in [0.05, 0.1) is 11.5 Å². The van der Waals surface area contributed by atoms with Gasteiger partial charge in [0.15, 0.2) is 0 Å². The van der Waals surface area contributed by atoms with Crippen molar-refractivity contribution in [3.05, 3.63) is 45.4 Å². The van der Waals surface area contributed by atoms with Crippen LogP contribution >= 0.6 is 0 Å². The fraction of sp³-hybridized carbons (Fsp3) is 0.364. The van der Waals surface area contributed by atoms with E-state index in [1.807, 2.05) is 6.92 Å². The number of aliphatic hydroxyl groups excluding tert-OH is 1. The average molecular weight is 208 g/mol. The molecule has 81 valence electrons. The first-order valence-electron chi connectivity index (χ1n) is 4.81. The van der Waals surface area contributed by atoms with Gasteiger partial charge >= 0.3 is 0 Å².